The van der Waals surface area contributed by atoms with E-state index in [9.17, 15) is 0 Å². The van der Waals surface area contributed by atoms with E-state index in [0.717, 1.165) is 0 Å². The first-order valence-electron chi connectivity index (χ1n) is 0. The third-order valence-corrected chi connectivity index (χ3v) is 0. The van der Waals surface area contributed by atoms with E-state index >= 15 is 0 Å². The van der Waals surface area contributed by atoms with Crippen molar-refractivity contribution in [1.82, 2.24) is 0 Å². The van der Waals surface area contributed by atoms with Crippen molar-refractivity contribution in [2.45, 2.75) is 0 Å². The summed E-state index contributed by atoms with van der Waals surface area (Å²) in [5, 5.41) is 0. The molecular formula is LaSrTiZr. The van der Waals surface area contributed by atoms with Gasteiger partial charge in [-0.25, -0.2) is 0 Å². The van der Waals surface area contributed by atoms with Crippen molar-refractivity contribution in [2.24, 2.45) is 0 Å². The third kappa shape index (κ3) is 9.55. The van der Waals surface area contributed by atoms with Crippen LogP contribution in [0.15, 0.2) is 0 Å². The van der Waals surface area contributed by atoms with E-state index < -0.39 is 0 Å². The average Bonchev–Trinajstić information content (AvgIpc) is 0. The molecule has 0 unspecified atom stereocenters. The van der Waals surface area contributed by atoms with E-state index in [1.54, 1.807) is 0 Å². The molecular weight excluding hydrogens is 366 g/mol. The number of hydrogen-bond donors (Lipinski definition) is 0. The Balaban J connectivity index is 0. The van der Waals surface area contributed by atoms with Crippen LogP contribution in [0.5, 0.6) is 0 Å². The standard InChI is InChI=1S/La.Sr.Ti.Zr. The van der Waals surface area contributed by atoms with E-state index in [2.05, 4.69) is 0 Å². The maximum absolute atomic E-state index is 0. The molecule has 0 aromatic carbocycles. The molecule has 0 heterocycles. The van der Waals surface area contributed by atoms with Crippen molar-refractivity contribution in [3.63, 3.8) is 0 Å². The second-order valence-electron chi connectivity index (χ2n) is 0. The maximum atomic E-state index is 0. The second kappa shape index (κ2) is 15.7. The molecule has 0 bridgehead atoms. The van der Waals surface area contributed by atoms with E-state index in [1.165, 1.54) is 0 Å². The van der Waals surface area contributed by atoms with Crippen molar-refractivity contribution in [3.8, 4) is 0 Å². The van der Waals surface area contributed by atoms with Gasteiger partial charge in [0.2, 0.25) is 0 Å². The average molecular weight is 366 g/mol. The van der Waals surface area contributed by atoms with Crippen LogP contribution >= 0.6 is 0 Å². The molecule has 13 valence electrons. The zero-order valence-corrected chi connectivity index (χ0v) is 13.4. The normalized spacial score (nSPS) is 0. The van der Waals surface area contributed by atoms with E-state index in [1.807, 2.05) is 0 Å². The van der Waals surface area contributed by atoms with Gasteiger partial charge in [-0.15, -0.1) is 0 Å². The number of rotatable bonds is 0. The zero-order valence-electron chi connectivity index (χ0n) is 2.28. The Labute approximate surface area is 125 Å². The Bertz CT molecular complexity index is 8.00. The Morgan fingerprint density at radius 3 is 1.00 bits per heavy atom. The van der Waals surface area contributed by atoms with Crippen LogP contribution in [0.4, 0.5) is 0 Å². The van der Waals surface area contributed by atoms with Gasteiger partial charge in [-0.2, -0.15) is 0 Å². The van der Waals surface area contributed by atoms with Gasteiger partial charge in [-0.05, 0) is 0 Å². The van der Waals surface area contributed by atoms with Gasteiger partial charge in [0, 0.05) is 129 Å². The molecule has 3 radical (unpaired) electrons. The molecule has 0 aliphatic heterocycles. The minimum Gasteiger partial charge on any atom is 0 e. The van der Waals surface area contributed by atoms with E-state index in [4.69, 9.17) is 0 Å². The van der Waals surface area contributed by atoms with Crippen LogP contribution in [-0.2, 0) is 47.9 Å². The molecule has 0 nitrogen and oxygen atoms in total. The van der Waals surface area contributed by atoms with Crippen molar-refractivity contribution >= 4 is 45.5 Å². The van der Waals surface area contributed by atoms with Crippen LogP contribution in [0, 0.1) is 35.6 Å². The summed E-state index contributed by atoms with van der Waals surface area (Å²) in [5.74, 6) is 0. The van der Waals surface area contributed by atoms with Gasteiger partial charge in [-0.1, -0.05) is 0 Å². The van der Waals surface area contributed by atoms with Crippen LogP contribution in [0.2, 0.25) is 0 Å². The van der Waals surface area contributed by atoms with Crippen LogP contribution in [0.3, 0.4) is 0 Å². The Kier molecular flexibility index (Phi) is 93.9. The number of hydrogen-bond acceptors (Lipinski definition) is 0. The molecule has 0 fully saturated rings. The fraction of sp³-hybridized carbons (Fsp3) is 0. The van der Waals surface area contributed by atoms with Crippen molar-refractivity contribution in [1.29, 1.82) is 0 Å². The summed E-state index contributed by atoms with van der Waals surface area (Å²) in [4.78, 5) is 0. The van der Waals surface area contributed by atoms with Gasteiger partial charge in [0.1, 0.15) is 0 Å². The summed E-state index contributed by atoms with van der Waals surface area (Å²) in [5.41, 5.74) is 0. The first-order valence-corrected chi connectivity index (χ1v) is 0. The van der Waals surface area contributed by atoms with Gasteiger partial charge in [0.25, 0.3) is 0 Å². The molecule has 0 aromatic heterocycles. The minimum absolute atomic E-state index is 0. The molecule has 0 aromatic rings. The first-order chi connectivity index (χ1) is 0. The summed E-state index contributed by atoms with van der Waals surface area (Å²) in [6, 6.07) is 0. The topological polar surface area (TPSA) is 0 Å². The maximum Gasteiger partial charge on any atom is 0 e. The van der Waals surface area contributed by atoms with Crippen LogP contribution in [0.1, 0.15) is 0 Å². The van der Waals surface area contributed by atoms with Gasteiger partial charge >= 0.3 is 0 Å². The van der Waals surface area contributed by atoms with Gasteiger partial charge in [0.15, 0.2) is 0 Å². The van der Waals surface area contributed by atoms with Crippen LogP contribution < -0.4 is 0 Å². The largest absolute Gasteiger partial charge is 0 e. The molecule has 0 spiro atoms. The first kappa shape index (κ1) is 24.0. The quantitative estimate of drug-likeness (QED) is 0.513. The molecule has 4 heteroatoms. The molecule has 0 saturated heterocycles. The molecule has 0 rings (SSSR count). The molecule has 4 heavy (non-hydrogen) atoms. The second-order valence-corrected chi connectivity index (χ2v) is 0. The summed E-state index contributed by atoms with van der Waals surface area (Å²) in [7, 11) is 0. The summed E-state index contributed by atoms with van der Waals surface area (Å²) < 4.78 is 0. The Hall–Kier alpha value is 4.27. The van der Waals surface area contributed by atoms with Crippen molar-refractivity contribution < 1.29 is 83.5 Å². The smallest absolute Gasteiger partial charge is 0 e. The minimum atomic E-state index is 0. The van der Waals surface area contributed by atoms with Gasteiger partial charge < -0.3 is 0 Å². The van der Waals surface area contributed by atoms with Gasteiger partial charge in [-0.3, -0.25) is 0 Å². The molecule has 0 amide bonds. The SMILES string of the molecule is [La].[Sr].[Ti].[Zr]. The van der Waals surface area contributed by atoms with E-state index in [0.29, 0.717) is 0 Å². The molecule has 0 N–H and O–H groups in total. The zero-order chi connectivity index (χ0) is 0. The predicted molar refractivity (Wildman–Crippen MR) is 5.75 cm³/mol. The van der Waals surface area contributed by atoms with Crippen LogP contribution in [-0.4, -0.2) is 45.5 Å². The summed E-state index contributed by atoms with van der Waals surface area (Å²) in [6.07, 6.45) is 0. The third-order valence-electron chi connectivity index (χ3n) is 0. The van der Waals surface area contributed by atoms with Crippen molar-refractivity contribution in [3.05, 3.63) is 0 Å². The van der Waals surface area contributed by atoms with E-state index in [-0.39, 0.29) is 129 Å². The molecule has 0 saturated carbocycles. The Morgan fingerprint density at radius 1 is 1.00 bits per heavy atom. The summed E-state index contributed by atoms with van der Waals surface area (Å²) >= 11 is 0. The monoisotopic (exact) mass is 365 g/mol. The van der Waals surface area contributed by atoms with Gasteiger partial charge in [0.05, 0.1) is 0 Å². The van der Waals surface area contributed by atoms with Crippen LogP contribution in [0.25, 0.3) is 0 Å². The molecule has 0 atom stereocenters. The fourth-order valence-electron chi connectivity index (χ4n) is 0. The van der Waals surface area contributed by atoms with Crippen molar-refractivity contribution in [2.75, 3.05) is 0 Å². The fourth-order valence-corrected chi connectivity index (χ4v) is 0. The molecule has 0 aliphatic rings. The molecule has 0 aliphatic carbocycles. The predicted octanol–water partition coefficient (Wildman–Crippen LogP) is -0.386. The Morgan fingerprint density at radius 2 is 1.00 bits per heavy atom. The summed E-state index contributed by atoms with van der Waals surface area (Å²) in [6.45, 7) is 0.